The van der Waals surface area contributed by atoms with Crippen LogP contribution in [0.15, 0.2) is 29.4 Å². The Labute approximate surface area is 93.9 Å². The number of alkyl halides is 2. The third-order valence-electron chi connectivity index (χ3n) is 1.93. The molecule has 1 rings (SSSR count). The highest BCUT2D eigenvalue weighted by Gasteiger charge is 2.06. The van der Waals surface area contributed by atoms with Crippen molar-refractivity contribution in [3.8, 4) is 0 Å². The van der Waals surface area contributed by atoms with Crippen LogP contribution in [-0.4, -0.2) is 6.21 Å². The summed E-state index contributed by atoms with van der Waals surface area (Å²) >= 11 is 0. The Morgan fingerprint density at radius 2 is 2.25 bits per heavy atom. The maximum absolute atomic E-state index is 12.4. The number of nitrogens with zero attached hydrogens (tertiary/aromatic N) is 1. The SMILES string of the molecule is CCC/[C]=N/OCc1cccc(C(F)F)c1. The zero-order chi connectivity index (χ0) is 11.8. The number of unbranched alkanes of at least 4 members (excludes halogenated alkanes) is 1. The minimum Gasteiger partial charge on any atom is -0.391 e. The van der Waals surface area contributed by atoms with Gasteiger partial charge in [0.1, 0.15) is 12.8 Å². The molecule has 0 saturated carbocycles. The van der Waals surface area contributed by atoms with Gasteiger partial charge in [0.2, 0.25) is 0 Å². The minimum atomic E-state index is -2.45. The van der Waals surface area contributed by atoms with Crippen LogP contribution in [0.5, 0.6) is 0 Å². The van der Waals surface area contributed by atoms with Gasteiger partial charge < -0.3 is 4.84 Å². The molecule has 0 fully saturated rings. The molecule has 0 bridgehead atoms. The van der Waals surface area contributed by atoms with Crippen molar-refractivity contribution in [1.82, 2.24) is 0 Å². The lowest BCUT2D eigenvalue weighted by molar-refractivity contribution is 0.130. The summed E-state index contributed by atoms with van der Waals surface area (Å²) in [6.45, 7) is 2.20. The van der Waals surface area contributed by atoms with Gasteiger partial charge in [-0.2, -0.15) is 0 Å². The first-order valence-corrected chi connectivity index (χ1v) is 5.16. The van der Waals surface area contributed by atoms with Crippen molar-refractivity contribution in [3.05, 3.63) is 35.4 Å². The number of halogens is 2. The van der Waals surface area contributed by atoms with Gasteiger partial charge in [0.15, 0.2) is 0 Å². The standard InChI is InChI=1S/C12H14F2NO/c1-2-3-7-15-16-9-10-5-4-6-11(8-10)12(13)14/h4-6,8,12H,2-3,9H2,1H3. The van der Waals surface area contributed by atoms with Crippen LogP contribution in [0, 0.1) is 0 Å². The van der Waals surface area contributed by atoms with E-state index in [1.165, 1.54) is 12.1 Å². The van der Waals surface area contributed by atoms with Gasteiger partial charge in [-0.05, 0) is 18.1 Å². The fourth-order valence-electron chi connectivity index (χ4n) is 1.13. The molecule has 0 heterocycles. The van der Waals surface area contributed by atoms with Gasteiger partial charge in [-0.25, -0.2) is 8.78 Å². The Kier molecular flexibility index (Phi) is 5.46. The molecule has 1 radical (unpaired) electrons. The Morgan fingerprint density at radius 1 is 1.44 bits per heavy atom. The number of hydrogen-bond acceptors (Lipinski definition) is 2. The summed E-state index contributed by atoms with van der Waals surface area (Å²) in [7, 11) is 0. The summed E-state index contributed by atoms with van der Waals surface area (Å²) < 4.78 is 24.7. The summed E-state index contributed by atoms with van der Waals surface area (Å²) in [5, 5.41) is 3.59. The van der Waals surface area contributed by atoms with Gasteiger partial charge in [0, 0.05) is 5.56 Å². The van der Waals surface area contributed by atoms with Crippen LogP contribution in [0.4, 0.5) is 8.78 Å². The van der Waals surface area contributed by atoms with Crippen LogP contribution in [-0.2, 0) is 11.4 Å². The van der Waals surface area contributed by atoms with E-state index in [1.807, 2.05) is 6.92 Å². The summed E-state index contributed by atoms with van der Waals surface area (Å²) in [4.78, 5) is 4.93. The zero-order valence-corrected chi connectivity index (χ0v) is 9.12. The Bertz CT molecular complexity index is 340. The number of hydrogen-bond donors (Lipinski definition) is 0. The topological polar surface area (TPSA) is 21.6 Å². The van der Waals surface area contributed by atoms with Gasteiger partial charge >= 0.3 is 0 Å². The first-order chi connectivity index (χ1) is 7.74. The predicted octanol–water partition coefficient (Wildman–Crippen LogP) is 3.80. The molecule has 0 unspecified atom stereocenters. The van der Waals surface area contributed by atoms with Crippen molar-refractivity contribution in [2.24, 2.45) is 5.16 Å². The van der Waals surface area contributed by atoms with E-state index in [0.29, 0.717) is 5.56 Å². The molecular formula is C12H14F2NO. The molecule has 0 amide bonds. The average Bonchev–Trinajstić information content (AvgIpc) is 2.29. The lowest BCUT2D eigenvalue weighted by Crippen LogP contribution is -1.91. The number of benzene rings is 1. The van der Waals surface area contributed by atoms with Gasteiger partial charge in [-0.1, -0.05) is 36.7 Å². The molecule has 0 aliphatic carbocycles. The highest BCUT2D eigenvalue weighted by atomic mass is 19.3. The second-order valence-corrected chi connectivity index (χ2v) is 3.32. The summed E-state index contributed by atoms with van der Waals surface area (Å²) in [5.74, 6) is 0. The van der Waals surface area contributed by atoms with Crippen LogP contribution in [0.2, 0.25) is 0 Å². The van der Waals surface area contributed by atoms with E-state index in [2.05, 4.69) is 11.4 Å². The van der Waals surface area contributed by atoms with Crippen molar-refractivity contribution in [2.45, 2.75) is 32.8 Å². The molecule has 87 valence electrons. The molecule has 1 aromatic carbocycles. The molecule has 0 N–H and O–H groups in total. The van der Waals surface area contributed by atoms with Crippen LogP contribution in [0.25, 0.3) is 0 Å². The van der Waals surface area contributed by atoms with E-state index in [0.717, 1.165) is 12.8 Å². The monoisotopic (exact) mass is 226 g/mol. The van der Waals surface area contributed by atoms with E-state index in [-0.39, 0.29) is 12.2 Å². The zero-order valence-electron chi connectivity index (χ0n) is 9.12. The first kappa shape index (κ1) is 12.6. The van der Waals surface area contributed by atoms with Crippen LogP contribution >= 0.6 is 0 Å². The lowest BCUT2D eigenvalue weighted by Gasteiger charge is -2.03. The predicted molar refractivity (Wildman–Crippen MR) is 58.5 cm³/mol. The molecule has 0 spiro atoms. The minimum absolute atomic E-state index is 0.00242. The van der Waals surface area contributed by atoms with Crippen molar-refractivity contribution in [1.29, 1.82) is 0 Å². The van der Waals surface area contributed by atoms with E-state index in [9.17, 15) is 8.78 Å². The first-order valence-electron chi connectivity index (χ1n) is 5.16. The molecule has 0 aromatic heterocycles. The van der Waals surface area contributed by atoms with Crippen molar-refractivity contribution < 1.29 is 13.6 Å². The maximum atomic E-state index is 12.4. The average molecular weight is 226 g/mol. The fraction of sp³-hybridized carbons (Fsp3) is 0.417. The molecular weight excluding hydrogens is 212 g/mol. The van der Waals surface area contributed by atoms with Crippen LogP contribution < -0.4 is 0 Å². The summed E-state index contributed by atoms with van der Waals surface area (Å²) in [5.41, 5.74) is 0.683. The molecule has 0 saturated heterocycles. The van der Waals surface area contributed by atoms with Crippen LogP contribution in [0.3, 0.4) is 0 Å². The lowest BCUT2D eigenvalue weighted by atomic mass is 10.1. The van der Waals surface area contributed by atoms with E-state index < -0.39 is 6.43 Å². The normalized spacial score (nSPS) is 11.2. The molecule has 0 atom stereocenters. The van der Waals surface area contributed by atoms with Crippen LogP contribution in [0.1, 0.15) is 37.3 Å². The smallest absolute Gasteiger partial charge is 0.263 e. The quantitative estimate of drug-likeness (QED) is 0.534. The van der Waals surface area contributed by atoms with Gasteiger partial charge in [0.05, 0.1) is 0 Å². The Morgan fingerprint density at radius 3 is 2.94 bits per heavy atom. The highest BCUT2D eigenvalue weighted by Crippen LogP contribution is 2.19. The van der Waals surface area contributed by atoms with Crippen molar-refractivity contribution in [2.75, 3.05) is 0 Å². The molecule has 0 aliphatic heterocycles. The molecule has 16 heavy (non-hydrogen) atoms. The fourth-order valence-corrected chi connectivity index (χ4v) is 1.13. The van der Waals surface area contributed by atoms with E-state index >= 15 is 0 Å². The van der Waals surface area contributed by atoms with E-state index in [4.69, 9.17) is 4.84 Å². The largest absolute Gasteiger partial charge is 0.391 e. The van der Waals surface area contributed by atoms with Crippen molar-refractivity contribution >= 4 is 6.21 Å². The third-order valence-corrected chi connectivity index (χ3v) is 1.93. The van der Waals surface area contributed by atoms with E-state index in [1.54, 1.807) is 12.1 Å². The highest BCUT2D eigenvalue weighted by molar-refractivity contribution is 5.55. The van der Waals surface area contributed by atoms with Gasteiger partial charge in [0.25, 0.3) is 6.43 Å². The van der Waals surface area contributed by atoms with Gasteiger partial charge in [-0.15, -0.1) is 0 Å². The molecule has 2 nitrogen and oxygen atoms in total. The summed E-state index contributed by atoms with van der Waals surface area (Å²) in [6.07, 6.45) is 1.93. The number of rotatable bonds is 6. The van der Waals surface area contributed by atoms with Gasteiger partial charge in [-0.3, -0.25) is 0 Å². The second kappa shape index (κ2) is 6.93. The second-order valence-electron chi connectivity index (χ2n) is 3.32. The maximum Gasteiger partial charge on any atom is 0.263 e. The summed E-state index contributed by atoms with van der Waals surface area (Å²) in [6, 6.07) is 6.11. The van der Waals surface area contributed by atoms with Crippen molar-refractivity contribution in [3.63, 3.8) is 0 Å². The Balaban J connectivity index is 2.45. The third kappa shape index (κ3) is 4.38. The Hall–Kier alpha value is -1.45. The molecule has 0 aliphatic rings. The molecule has 1 aromatic rings. The molecule has 4 heteroatoms.